The zero-order valence-corrected chi connectivity index (χ0v) is 21.8. The highest BCUT2D eigenvalue weighted by Crippen LogP contribution is 2.29. The number of rotatable bonds is 7. The van der Waals surface area contributed by atoms with Crippen LogP contribution in [0.3, 0.4) is 0 Å². The molecular weight excluding hydrogens is 478 g/mol. The van der Waals surface area contributed by atoms with Crippen molar-refractivity contribution in [1.82, 2.24) is 9.55 Å². The smallest absolute Gasteiger partial charge is 0.266 e. The number of nitrogens with zero attached hydrogens (tertiary/aromatic N) is 3. The fourth-order valence-electron chi connectivity index (χ4n) is 3.89. The SMILES string of the molecule is CC[C@H](C)c1ccc(-n2c(S[C@H](C)C(=O)N(C)c3ccccc3)nc3ccc(Cl)cc3c2=O)cc1. The molecule has 0 saturated heterocycles. The van der Waals surface area contributed by atoms with Crippen molar-refractivity contribution in [1.29, 1.82) is 0 Å². The van der Waals surface area contributed by atoms with Crippen LogP contribution in [0.2, 0.25) is 5.02 Å². The summed E-state index contributed by atoms with van der Waals surface area (Å²) in [6, 6.07) is 22.6. The standard InChI is InChI=1S/C28H28ClN3O2S/c1-5-18(2)20-11-14-23(15-12-20)32-27(34)24-17-21(29)13-16-25(24)30-28(32)35-19(3)26(33)31(4)22-9-7-6-8-10-22/h6-19H,5H2,1-4H3/t18-,19+/m0/s1. The van der Waals surface area contributed by atoms with Crippen LogP contribution < -0.4 is 10.5 Å². The first-order valence-electron chi connectivity index (χ1n) is 11.6. The van der Waals surface area contributed by atoms with Crippen LogP contribution in [0, 0.1) is 0 Å². The summed E-state index contributed by atoms with van der Waals surface area (Å²) >= 11 is 7.46. The molecule has 1 aromatic heterocycles. The van der Waals surface area contributed by atoms with Gasteiger partial charge in [-0.25, -0.2) is 4.98 Å². The van der Waals surface area contributed by atoms with Crippen LogP contribution >= 0.6 is 23.4 Å². The van der Waals surface area contributed by atoms with Crippen molar-refractivity contribution >= 4 is 45.9 Å². The van der Waals surface area contributed by atoms with Gasteiger partial charge in [0.2, 0.25) is 5.91 Å². The average molecular weight is 506 g/mol. The summed E-state index contributed by atoms with van der Waals surface area (Å²) in [6.45, 7) is 6.17. The van der Waals surface area contributed by atoms with E-state index in [1.807, 2.05) is 61.5 Å². The minimum atomic E-state index is -0.470. The van der Waals surface area contributed by atoms with Crippen LogP contribution in [-0.2, 0) is 4.79 Å². The fourth-order valence-corrected chi connectivity index (χ4v) is 5.08. The molecule has 180 valence electrons. The number of aromatic nitrogens is 2. The molecule has 0 bridgehead atoms. The Morgan fingerprint density at radius 2 is 1.74 bits per heavy atom. The first-order chi connectivity index (χ1) is 16.8. The highest BCUT2D eigenvalue weighted by atomic mass is 35.5. The van der Waals surface area contributed by atoms with Crippen molar-refractivity contribution in [2.75, 3.05) is 11.9 Å². The fraction of sp³-hybridized carbons (Fsp3) is 0.250. The third-order valence-electron chi connectivity index (χ3n) is 6.24. The zero-order valence-electron chi connectivity index (χ0n) is 20.2. The summed E-state index contributed by atoms with van der Waals surface area (Å²) in [4.78, 5) is 33.3. The van der Waals surface area contributed by atoms with Crippen LogP contribution in [0.1, 0.15) is 38.7 Å². The highest BCUT2D eigenvalue weighted by molar-refractivity contribution is 8.00. The Morgan fingerprint density at radius 1 is 1.06 bits per heavy atom. The largest absolute Gasteiger partial charge is 0.315 e. The van der Waals surface area contributed by atoms with E-state index in [1.54, 1.807) is 34.7 Å². The van der Waals surface area contributed by atoms with E-state index in [2.05, 4.69) is 13.8 Å². The van der Waals surface area contributed by atoms with E-state index >= 15 is 0 Å². The lowest BCUT2D eigenvalue weighted by atomic mass is 9.98. The molecule has 0 aliphatic rings. The Morgan fingerprint density at radius 3 is 2.40 bits per heavy atom. The van der Waals surface area contributed by atoms with E-state index < -0.39 is 5.25 Å². The van der Waals surface area contributed by atoms with Gasteiger partial charge in [0.25, 0.3) is 5.56 Å². The van der Waals surface area contributed by atoms with Gasteiger partial charge in [-0.3, -0.25) is 14.2 Å². The lowest BCUT2D eigenvalue weighted by Crippen LogP contribution is -2.33. The Kier molecular flexibility index (Phi) is 7.63. The average Bonchev–Trinajstić information content (AvgIpc) is 2.88. The van der Waals surface area contributed by atoms with Gasteiger partial charge in [-0.15, -0.1) is 0 Å². The lowest BCUT2D eigenvalue weighted by Gasteiger charge is -2.22. The molecule has 0 aliphatic carbocycles. The molecule has 1 amide bonds. The van der Waals surface area contributed by atoms with Gasteiger partial charge in [0.05, 0.1) is 21.8 Å². The molecule has 0 unspecified atom stereocenters. The van der Waals surface area contributed by atoms with Crippen molar-refractivity contribution in [3.63, 3.8) is 0 Å². The van der Waals surface area contributed by atoms with Crippen molar-refractivity contribution in [3.8, 4) is 5.69 Å². The van der Waals surface area contributed by atoms with Gasteiger partial charge in [0.1, 0.15) is 0 Å². The second-order valence-corrected chi connectivity index (χ2v) is 10.3. The maximum atomic E-state index is 13.6. The molecule has 4 aromatic rings. The number of benzene rings is 3. The normalized spacial score (nSPS) is 12.9. The van der Waals surface area contributed by atoms with Crippen molar-refractivity contribution in [2.45, 2.75) is 43.5 Å². The number of anilines is 1. The Balaban J connectivity index is 1.77. The number of fused-ring (bicyclic) bond motifs is 1. The molecule has 1 heterocycles. The molecule has 0 aliphatic heterocycles. The van der Waals surface area contributed by atoms with Crippen LogP contribution in [-0.4, -0.2) is 27.8 Å². The van der Waals surface area contributed by atoms with Gasteiger partial charge in [-0.1, -0.05) is 67.5 Å². The van der Waals surface area contributed by atoms with E-state index in [4.69, 9.17) is 16.6 Å². The maximum absolute atomic E-state index is 13.6. The summed E-state index contributed by atoms with van der Waals surface area (Å²) in [6.07, 6.45) is 1.03. The van der Waals surface area contributed by atoms with Crippen LogP contribution in [0.25, 0.3) is 16.6 Å². The molecule has 0 fully saturated rings. The highest BCUT2D eigenvalue weighted by Gasteiger charge is 2.23. The molecule has 3 aromatic carbocycles. The van der Waals surface area contributed by atoms with E-state index in [9.17, 15) is 9.59 Å². The summed E-state index contributed by atoms with van der Waals surface area (Å²) in [5, 5.41) is 0.905. The van der Waals surface area contributed by atoms with Crippen molar-refractivity contribution in [3.05, 3.63) is 93.7 Å². The molecular formula is C28H28ClN3O2S. The molecule has 0 spiro atoms. The summed E-state index contributed by atoms with van der Waals surface area (Å²) in [5.41, 5.74) is 3.06. The number of halogens is 1. The van der Waals surface area contributed by atoms with Gasteiger partial charge in [-0.05, 0) is 67.3 Å². The second-order valence-electron chi connectivity index (χ2n) is 8.59. The Hall–Kier alpha value is -3.09. The van der Waals surface area contributed by atoms with Gasteiger partial charge in [0.15, 0.2) is 5.16 Å². The molecule has 0 radical (unpaired) electrons. The predicted octanol–water partition coefficient (Wildman–Crippen LogP) is 6.70. The Bertz CT molecular complexity index is 1400. The number of carbonyl (C=O) groups is 1. The summed E-state index contributed by atoms with van der Waals surface area (Å²) in [7, 11) is 1.76. The minimum Gasteiger partial charge on any atom is -0.315 e. The molecule has 35 heavy (non-hydrogen) atoms. The first kappa shape index (κ1) is 25.0. The zero-order chi connectivity index (χ0) is 25.1. The molecule has 0 N–H and O–H groups in total. The van der Waals surface area contributed by atoms with Crippen LogP contribution in [0.5, 0.6) is 0 Å². The molecule has 2 atom stereocenters. The molecule has 5 nitrogen and oxygen atoms in total. The second kappa shape index (κ2) is 10.7. The van der Waals surface area contributed by atoms with Gasteiger partial charge in [-0.2, -0.15) is 0 Å². The van der Waals surface area contributed by atoms with Gasteiger partial charge in [0, 0.05) is 17.8 Å². The summed E-state index contributed by atoms with van der Waals surface area (Å²) < 4.78 is 1.58. The predicted molar refractivity (Wildman–Crippen MR) is 146 cm³/mol. The number of amides is 1. The summed E-state index contributed by atoms with van der Waals surface area (Å²) in [5.74, 6) is 0.347. The number of hydrogen-bond acceptors (Lipinski definition) is 4. The number of para-hydroxylation sites is 1. The third kappa shape index (κ3) is 5.29. The Labute approximate surface area is 214 Å². The van der Waals surface area contributed by atoms with E-state index in [-0.39, 0.29) is 11.5 Å². The first-order valence-corrected chi connectivity index (χ1v) is 12.9. The number of thioether (sulfide) groups is 1. The molecule has 7 heteroatoms. The van der Waals surface area contributed by atoms with Crippen LogP contribution in [0.15, 0.2) is 82.7 Å². The monoisotopic (exact) mass is 505 g/mol. The number of hydrogen-bond donors (Lipinski definition) is 0. The topological polar surface area (TPSA) is 55.2 Å². The number of carbonyl (C=O) groups excluding carboxylic acids is 1. The van der Waals surface area contributed by atoms with Gasteiger partial charge < -0.3 is 4.90 Å². The maximum Gasteiger partial charge on any atom is 0.266 e. The van der Waals surface area contributed by atoms with Gasteiger partial charge >= 0.3 is 0 Å². The lowest BCUT2D eigenvalue weighted by molar-refractivity contribution is -0.117. The van der Waals surface area contributed by atoms with Crippen molar-refractivity contribution in [2.24, 2.45) is 0 Å². The van der Waals surface area contributed by atoms with E-state index in [0.717, 1.165) is 12.1 Å². The third-order valence-corrected chi connectivity index (χ3v) is 7.51. The van der Waals surface area contributed by atoms with E-state index in [0.29, 0.717) is 32.7 Å². The van der Waals surface area contributed by atoms with Crippen LogP contribution in [0.4, 0.5) is 5.69 Å². The minimum absolute atomic E-state index is 0.0784. The van der Waals surface area contributed by atoms with E-state index in [1.165, 1.54) is 17.3 Å². The van der Waals surface area contributed by atoms with Crippen molar-refractivity contribution < 1.29 is 4.79 Å². The quantitative estimate of drug-likeness (QED) is 0.207. The molecule has 4 rings (SSSR count). The molecule has 0 saturated carbocycles.